The second-order valence-electron chi connectivity index (χ2n) is 4.59. The largest absolute Gasteiger partial charge is 0.312 e. The van der Waals surface area contributed by atoms with Crippen LogP contribution < -0.4 is 5.32 Å². The predicted molar refractivity (Wildman–Crippen MR) is 73.2 cm³/mol. The minimum absolute atomic E-state index is 0.392. The van der Waals surface area contributed by atoms with E-state index in [0.29, 0.717) is 10.6 Å². The van der Waals surface area contributed by atoms with Gasteiger partial charge in [0.25, 0.3) is 5.91 Å². The highest BCUT2D eigenvalue weighted by Crippen LogP contribution is 2.38. The van der Waals surface area contributed by atoms with Crippen LogP contribution in [0.2, 0.25) is 0 Å². The zero-order valence-electron chi connectivity index (χ0n) is 10.7. The predicted octanol–water partition coefficient (Wildman–Crippen LogP) is 3.03. The van der Waals surface area contributed by atoms with E-state index in [1.54, 1.807) is 0 Å². The summed E-state index contributed by atoms with van der Waals surface area (Å²) in [6, 6.07) is 3.17. The number of carbonyl (C=O) groups excluding carboxylic acids is 1. The Labute approximate surface area is 123 Å². The maximum Gasteiger partial charge on any atom is 0.259 e. The first-order chi connectivity index (χ1) is 10.1. The van der Waals surface area contributed by atoms with E-state index in [2.05, 4.69) is 16.4 Å². The Hall–Kier alpha value is -2.33. The molecule has 3 rings (SSSR count). The molecule has 0 saturated heterocycles. The number of aromatic nitrogens is 1. The molecule has 4 nitrogen and oxygen atoms in total. The number of anilines is 1. The summed E-state index contributed by atoms with van der Waals surface area (Å²) in [7, 11) is 0. The summed E-state index contributed by atoms with van der Waals surface area (Å²) in [5.74, 6) is -3.40. The van der Waals surface area contributed by atoms with E-state index in [4.69, 9.17) is 0 Å². The minimum atomic E-state index is -1.32. The Bertz CT molecular complexity index is 779. The van der Waals surface area contributed by atoms with Crippen LogP contribution in [-0.2, 0) is 12.8 Å². The van der Waals surface area contributed by atoms with Gasteiger partial charge < -0.3 is 5.32 Å². The second-order valence-corrected chi connectivity index (χ2v) is 5.70. The summed E-state index contributed by atoms with van der Waals surface area (Å²) in [6.45, 7) is 0. The van der Waals surface area contributed by atoms with Crippen molar-refractivity contribution in [3.8, 4) is 6.07 Å². The molecular weight excluding hydrogens is 296 g/mol. The van der Waals surface area contributed by atoms with Gasteiger partial charge in [-0.05, 0) is 30.9 Å². The first-order valence-electron chi connectivity index (χ1n) is 6.27. The summed E-state index contributed by atoms with van der Waals surface area (Å²) in [5.41, 5.74) is 0.954. The number of hydrogen-bond acceptors (Lipinski definition) is 4. The fourth-order valence-corrected chi connectivity index (χ4v) is 3.61. The van der Waals surface area contributed by atoms with Gasteiger partial charge in [0.1, 0.15) is 11.1 Å². The number of fused-ring (bicyclic) bond motifs is 1. The van der Waals surface area contributed by atoms with Crippen molar-refractivity contribution < 1.29 is 13.6 Å². The third kappa shape index (κ3) is 2.28. The van der Waals surface area contributed by atoms with E-state index in [1.165, 1.54) is 11.3 Å². The molecule has 0 atom stereocenters. The van der Waals surface area contributed by atoms with Gasteiger partial charge >= 0.3 is 0 Å². The van der Waals surface area contributed by atoms with Gasteiger partial charge in [-0.2, -0.15) is 9.65 Å². The summed E-state index contributed by atoms with van der Waals surface area (Å²) in [5, 5.41) is 12.1. The Morgan fingerprint density at radius 1 is 1.43 bits per heavy atom. The fraction of sp³-hybridized carbons (Fsp3) is 0.214. The second kappa shape index (κ2) is 5.22. The number of carbonyl (C=O) groups is 1. The average molecular weight is 305 g/mol. The maximum absolute atomic E-state index is 13.5. The fourth-order valence-electron chi connectivity index (χ4n) is 2.37. The number of nitriles is 1. The highest BCUT2D eigenvalue weighted by molar-refractivity contribution is 7.16. The van der Waals surface area contributed by atoms with E-state index >= 15 is 0 Å². The number of thiophene rings is 1. The third-order valence-electron chi connectivity index (χ3n) is 3.35. The van der Waals surface area contributed by atoms with Crippen molar-refractivity contribution in [3.63, 3.8) is 0 Å². The summed E-state index contributed by atoms with van der Waals surface area (Å²) < 4.78 is 26.6. The van der Waals surface area contributed by atoms with Gasteiger partial charge in [0.05, 0.1) is 11.1 Å². The van der Waals surface area contributed by atoms with Crippen molar-refractivity contribution in [2.75, 3.05) is 5.32 Å². The molecule has 0 fully saturated rings. The van der Waals surface area contributed by atoms with E-state index < -0.39 is 23.2 Å². The molecule has 0 spiro atoms. The topological polar surface area (TPSA) is 65.8 Å². The molecule has 1 aliphatic rings. The first-order valence-corrected chi connectivity index (χ1v) is 7.09. The van der Waals surface area contributed by atoms with Crippen LogP contribution in [0.1, 0.15) is 32.8 Å². The van der Waals surface area contributed by atoms with Crippen LogP contribution in [0, 0.1) is 23.1 Å². The van der Waals surface area contributed by atoms with Gasteiger partial charge in [-0.3, -0.25) is 4.79 Å². The number of nitrogens with zero attached hydrogens (tertiary/aromatic N) is 2. The van der Waals surface area contributed by atoms with E-state index in [-0.39, 0.29) is 0 Å². The Morgan fingerprint density at radius 3 is 3.00 bits per heavy atom. The van der Waals surface area contributed by atoms with E-state index in [1.807, 2.05) is 0 Å². The van der Waals surface area contributed by atoms with Gasteiger partial charge in [-0.1, -0.05) is 0 Å². The van der Waals surface area contributed by atoms with Crippen LogP contribution in [-0.4, -0.2) is 10.9 Å². The lowest BCUT2D eigenvalue weighted by Gasteiger charge is -2.05. The standard InChI is InChI=1S/C14H9F2N3OS/c15-11-8(4-5-18-12(11)16)13(20)19-14-9(6-17)7-2-1-3-10(7)21-14/h4-5H,1-3H2,(H,19,20). The molecule has 0 aromatic carbocycles. The van der Waals surface area contributed by atoms with Crippen molar-refractivity contribution in [3.05, 3.63) is 45.6 Å². The molecule has 21 heavy (non-hydrogen) atoms. The van der Waals surface area contributed by atoms with Crippen LogP contribution in [0.4, 0.5) is 13.8 Å². The van der Waals surface area contributed by atoms with Crippen molar-refractivity contribution in [1.82, 2.24) is 4.98 Å². The van der Waals surface area contributed by atoms with Gasteiger partial charge in [0.15, 0.2) is 5.82 Å². The highest BCUT2D eigenvalue weighted by atomic mass is 32.1. The molecular formula is C14H9F2N3OS. The lowest BCUT2D eigenvalue weighted by atomic mass is 10.1. The maximum atomic E-state index is 13.5. The zero-order valence-corrected chi connectivity index (χ0v) is 11.6. The van der Waals surface area contributed by atoms with Gasteiger partial charge in [-0.15, -0.1) is 11.3 Å². The molecule has 2 aromatic heterocycles. The van der Waals surface area contributed by atoms with Crippen molar-refractivity contribution in [2.45, 2.75) is 19.3 Å². The number of halogens is 2. The molecule has 0 unspecified atom stereocenters. The lowest BCUT2D eigenvalue weighted by Crippen LogP contribution is -2.15. The number of rotatable bonds is 2. The molecule has 1 amide bonds. The molecule has 0 bridgehead atoms. The van der Waals surface area contributed by atoms with Crippen LogP contribution >= 0.6 is 11.3 Å². The van der Waals surface area contributed by atoms with Crippen molar-refractivity contribution in [2.24, 2.45) is 0 Å². The minimum Gasteiger partial charge on any atom is -0.312 e. The molecule has 2 aromatic rings. The molecule has 106 valence electrons. The first kappa shape index (κ1) is 13.6. The number of aryl methyl sites for hydroxylation is 1. The molecule has 0 saturated carbocycles. The number of pyridine rings is 1. The van der Waals surface area contributed by atoms with Gasteiger partial charge in [0, 0.05) is 11.1 Å². The monoisotopic (exact) mass is 305 g/mol. The van der Waals surface area contributed by atoms with E-state index in [0.717, 1.165) is 42.0 Å². The van der Waals surface area contributed by atoms with Gasteiger partial charge in [0.2, 0.25) is 5.95 Å². The summed E-state index contributed by atoms with van der Waals surface area (Å²) >= 11 is 1.32. The lowest BCUT2D eigenvalue weighted by molar-refractivity contribution is 0.102. The number of hydrogen-bond donors (Lipinski definition) is 1. The number of nitrogens with one attached hydrogen (secondary N) is 1. The van der Waals surface area contributed by atoms with Gasteiger partial charge in [-0.25, -0.2) is 9.37 Å². The smallest absolute Gasteiger partial charge is 0.259 e. The third-order valence-corrected chi connectivity index (χ3v) is 4.56. The van der Waals surface area contributed by atoms with Crippen LogP contribution in [0.5, 0.6) is 0 Å². The SMILES string of the molecule is N#Cc1c(NC(=O)c2ccnc(F)c2F)sc2c1CCC2. The average Bonchev–Trinajstić information content (AvgIpc) is 3.02. The zero-order chi connectivity index (χ0) is 15.0. The molecule has 1 aliphatic carbocycles. The Morgan fingerprint density at radius 2 is 2.24 bits per heavy atom. The highest BCUT2D eigenvalue weighted by Gasteiger charge is 2.24. The Kier molecular flexibility index (Phi) is 3.39. The molecule has 7 heteroatoms. The van der Waals surface area contributed by atoms with Crippen molar-refractivity contribution in [1.29, 1.82) is 5.26 Å². The number of amides is 1. The van der Waals surface area contributed by atoms with E-state index in [9.17, 15) is 18.8 Å². The molecule has 0 aliphatic heterocycles. The van der Waals surface area contributed by atoms with Crippen molar-refractivity contribution >= 4 is 22.2 Å². The summed E-state index contributed by atoms with van der Waals surface area (Å²) in [4.78, 5) is 16.2. The van der Waals surface area contributed by atoms with Crippen LogP contribution in [0.15, 0.2) is 12.3 Å². The quantitative estimate of drug-likeness (QED) is 0.867. The summed E-state index contributed by atoms with van der Waals surface area (Å²) in [6.07, 6.45) is 3.70. The van der Waals surface area contributed by atoms with Crippen LogP contribution in [0.3, 0.4) is 0 Å². The normalized spacial score (nSPS) is 12.8. The molecule has 0 radical (unpaired) electrons. The van der Waals surface area contributed by atoms with Crippen LogP contribution in [0.25, 0.3) is 0 Å². The molecule has 1 N–H and O–H groups in total. The molecule has 2 heterocycles. The Balaban J connectivity index is 1.93.